The van der Waals surface area contributed by atoms with E-state index in [0.29, 0.717) is 23.7 Å². The minimum absolute atomic E-state index is 0.153. The predicted molar refractivity (Wildman–Crippen MR) is 101 cm³/mol. The number of rotatable bonds is 3. The number of allylic oxidation sites excluding steroid dienone is 1. The van der Waals surface area contributed by atoms with Crippen LogP contribution in [0.5, 0.6) is 0 Å². The summed E-state index contributed by atoms with van der Waals surface area (Å²) in [7, 11) is 0. The van der Waals surface area contributed by atoms with Gasteiger partial charge in [0.25, 0.3) is 0 Å². The van der Waals surface area contributed by atoms with Gasteiger partial charge in [0, 0.05) is 13.3 Å². The van der Waals surface area contributed by atoms with Gasteiger partial charge in [-0.15, -0.1) is 0 Å². The fourth-order valence-corrected chi connectivity index (χ4v) is 7.49. The van der Waals surface area contributed by atoms with Crippen molar-refractivity contribution >= 4 is 11.8 Å². The lowest BCUT2D eigenvalue weighted by molar-refractivity contribution is -0.141. The maximum Gasteiger partial charge on any atom is 0.302 e. The molecule has 0 aromatic heterocycles. The highest BCUT2D eigenvalue weighted by Gasteiger charge is 2.58. The summed E-state index contributed by atoms with van der Waals surface area (Å²) < 4.78 is 5.25. The van der Waals surface area contributed by atoms with Crippen LogP contribution in [-0.4, -0.2) is 18.4 Å². The number of ketones is 1. The van der Waals surface area contributed by atoms with E-state index < -0.39 is 0 Å². The van der Waals surface area contributed by atoms with Gasteiger partial charge in [0.15, 0.2) is 5.78 Å². The Bertz CT molecular complexity index is 635. The normalized spacial score (nSPS) is 44.6. The molecule has 3 nitrogen and oxygen atoms in total. The van der Waals surface area contributed by atoms with E-state index >= 15 is 0 Å². The summed E-state index contributed by atoms with van der Waals surface area (Å²) in [5.41, 5.74) is 2.15. The largest absolute Gasteiger partial charge is 0.466 e. The Morgan fingerprint density at radius 1 is 1.12 bits per heavy atom. The summed E-state index contributed by atoms with van der Waals surface area (Å²) in [6.07, 6.45) is 12.5. The van der Waals surface area contributed by atoms with Crippen molar-refractivity contribution in [3.8, 4) is 0 Å². The third-order valence-corrected chi connectivity index (χ3v) is 8.93. The molecule has 3 heteroatoms. The number of ether oxygens (including phenoxy) is 1. The fraction of sp³-hybridized carbons (Fsp3) is 0.826. The van der Waals surface area contributed by atoms with E-state index in [9.17, 15) is 9.59 Å². The lowest BCUT2D eigenvalue weighted by atomic mass is 9.47. The third kappa shape index (κ3) is 2.77. The van der Waals surface area contributed by atoms with Crippen molar-refractivity contribution in [1.29, 1.82) is 0 Å². The molecule has 6 atom stereocenters. The van der Waals surface area contributed by atoms with Crippen molar-refractivity contribution in [3.05, 3.63) is 11.6 Å². The number of carbonyl (C=O) groups is 2. The summed E-state index contributed by atoms with van der Waals surface area (Å²) in [5, 5.41) is 0. The first kappa shape index (κ1) is 18.3. The zero-order valence-electron chi connectivity index (χ0n) is 16.7. The molecule has 26 heavy (non-hydrogen) atoms. The average molecular weight is 359 g/mol. The fourth-order valence-electron chi connectivity index (χ4n) is 7.49. The summed E-state index contributed by atoms with van der Waals surface area (Å²) in [5.74, 6) is 3.30. The van der Waals surface area contributed by atoms with Crippen molar-refractivity contribution in [2.24, 2.45) is 34.5 Å². The molecule has 0 aliphatic heterocycles. The molecule has 0 aromatic rings. The molecule has 3 fully saturated rings. The van der Waals surface area contributed by atoms with E-state index in [2.05, 4.69) is 13.8 Å². The molecule has 0 N–H and O–H groups in total. The van der Waals surface area contributed by atoms with Crippen LogP contribution >= 0.6 is 0 Å². The topological polar surface area (TPSA) is 43.4 Å². The van der Waals surface area contributed by atoms with Gasteiger partial charge >= 0.3 is 5.97 Å². The Balaban J connectivity index is 1.52. The van der Waals surface area contributed by atoms with Gasteiger partial charge in [-0.2, -0.15) is 0 Å². The molecular weight excluding hydrogens is 324 g/mol. The zero-order chi connectivity index (χ0) is 18.5. The van der Waals surface area contributed by atoms with Gasteiger partial charge in [-0.25, -0.2) is 0 Å². The highest BCUT2D eigenvalue weighted by Crippen LogP contribution is 2.66. The molecule has 3 saturated carbocycles. The van der Waals surface area contributed by atoms with E-state index in [4.69, 9.17) is 4.74 Å². The van der Waals surface area contributed by atoms with Crippen LogP contribution in [0.25, 0.3) is 0 Å². The molecule has 4 rings (SSSR count). The molecule has 0 saturated heterocycles. The number of hydrogen-bond donors (Lipinski definition) is 0. The summed E-state index contributed by atoms with van der Waals surface area (Å²) in [6, 6.07) is 0. The molecule has 4 aliphatic rings. The van der Waals surface area contributed by atoms with Crippen LogP contribution < -0.4 is 0 Å². The molecule has 6 unspecified atom stereocenters. The number of fused-ring (bicyclic) bond motifs is 5. The minimum atomic E-state index is -0.153. The lowest BCUT2D eigenvalue weighted by Gasteiger charge is -2.58. The van der Waals surface area contributed by atoms with Gasteiger partial charge in [-0.05, 0) is 91.9 Å². The zero-order valence-corrected chi connectivity index (χ0v) is 16.7. The Morgan fingerprint density at radius 3 is 2.69 bits per heavy atom. The van der Waals surface area contributed by atoms with Gasteiger partial charge in [0.05, 0.1) is 6.61 Å². The van der Waals surface area contributed by atoms with E-state index in [1.807, 2.05) is 6.08 Å². The standard InChI is InChI=1S/C23H34O3/c1-15(24)26-13-10-16-5-7-20-19-6-4-17-14-18(25)8-11-23(17,3)21(19)9-12-22(16,20)2/h14,16,19-21H,4-13H2,1-3H3. The first-order valence-electron chi connectivity index (χ1n) is 10.7. The van der Waals surface area contributed by atoms with Gasteiger partial charge < -0.3 is 4.74 Å². The average Bonchev–Trinajstić information content (AvgIpc) is 2.92. The molecule has 4 aliphatic carbocycles. The maximum atomic E-state index is 11.9. The quantitative estimate of drug-likeness (QED) is 0.660. The lowest BCUT2D eigenvalue weighted by Crippen LogP contribution is -2.50. The molecule has 0 spiro atoms. The van der Waals surface area contributed by atoms with Crippen LogP contribution in [0, 0.1) is 34.5 Å². The highest BCUT2D eigenvalue weighted by atomic mass is 16.5. The molecule has 0 bridgehead atoms. The van der Waals surface area contributed by atoms with Crippen molar-refractivity contribution in [2.45, 2.75) is 78.6 Å². The van der Waals surface area contributed by atoms with Crippen LogP contribution in [-0.2, 0) is 14.3 Å². The van der Waals surface area contributed by atoms with Gasteiger partial charge in [-0.3, -0.25) is 9.59 Å². The molecule has 0 aromatic carbocycles. The Labute approximate surface area is 157 Å². The number of carbonyl (C=O) groups excluding carboxylic acids is 2. The smallest absolute Gasteiger partial charge is 0.302 e. The van der Waals surface area contributed by atoms with E-state index in [0.717, 1.165) is 43.4 Å². The Kier molecular flexibility index (Phi) is 4.56. The molecule has 0 radical (unpaired) electrons. The first-order valence-corrected chi connectivity index (χ1v) is 10.7. The summed E-state index contributed by atoms with van der Waals surface area (Å²) >= 11 is 0. The van der Waals surface area contributed by atoms with Gasteiger partial charge in [0.1, 0.15) is 0 Å². The van der Waals surface area contributed by atoms with Crippen LogP contribution in [0.4, 0.5) is 0 Å². The van der Waals surface area contributed by atoms with E-state index in [1.54, 1.807) is 0 Å². The number of hydrogen-bond acceptors (Lipinski definition) is 3. The maximum absolute atomic E-state index is 11.9. The van der Waals surface area contributed by atoms with Gasteiger partial charge in [0.2, 0.25) is 0 Å². The van der Waals surface area contributed by atoms with Crippen LogP contribution in [0.2, 0.25) is 0 Å². The molecular formula is C23H34O3. The second-order valence-electron chi connectivity index (χ2n) is 9.92. The van der Waals surface area contributed by atoms with Crippen molar-refractivity contribution < 1.29 is 14.3 Å². The Hall–Kier alpha value is -1.12. The van der Waals surface area contributed by atoms with Crippen LogP contribution in [0.1, 0.15) is 78.6 Å². The molecule has 144 valence electrons. The van der Waals surface area contributed by atoms with Crippen LogP contribution in [0.15, 0.2) is 11.6 Å². The van der Waals surface area contributed by atoms with Gasteiger partial charge in [-0.1, -0.05) is 19.4 Å². The summed E-state index contributed by atoms with van der Waals surface area (Å²) in [6.45, 7) is 7.07. The third-order valence-electron chi connectivity index (χ3n) is 8.93. The predicted octanol–water partition coefficient (Wildman–Crippen LogP) is 5.09. The Morgan fingerprint density at radius 2 is 1.92 bits per heavy atom. The highest BCUT2D eigenvalue weighted by molar-refractivity contribution is 5.91. The van der Waals surface area contributed by atoms with E-state index in [-0.39, 0.29) is 11.4 Å². The second kappa shape index (κ2) is 6.49. The van der Waals surface area contributed by atoms with Crippen LogP contribution in [0.3, 0.4) is 0 Å². The molecule has 0 heterocycles. The van der Waals surface area contributed by atoms with Crippen molar-refractivity contribution in [3.63, 3.8) is 0 Å². The number of esters is 1. The van der Waals surface area contributed by atoms with Crippen molar-refractivity contribution in [2.75, 3.05) is 6.61 Å². The van der Waals surface area contributed by atoms with Crippen molar-refractivity contribution in [1.82, 2.24) is 0 Å². The monoisotopic (exact) mass is 358 g/mol. The molecule has 0 amide bonds. The SMILES string of the molecule is CC(=O)OCCC1CCC2C3CCC4=CC(=O)CCC4(C)C3CCC12C. The second-order valence-corrected chi connectivity index (χ2v) is 9.92. The van der Waals surface area contributed by atoms with E-state index in [1.165, 1.54) is 44.6 Å². The summed E-state index contributed by atoms with van der Waals surface area (Å²) in [4.78, 5) is 23.0. The first-order chi connectivity index (χ1) is 12.3. The minimum Gasteiger partial charge on any atom is -0.466 e.